The lowest BCUT2D eigenvalue weighted by molar-refractivity contribution is -0.128. The zero-order valence-corrected chi connectivity index (χ0v) is 10.4. The standard InChI is InChI=1S/C13H17N3O2/c1-13(2,12(15)18)16-11(17)7-6-9-4-3-5-10(14)8-9/h3-8H,14H2,1-2H3,(H2,15,18)(H,16,17)/b7-6+. The highest BCUT2D eigenvalue weighted by Gasteiger charge is 2.25. The average molecular weight is 247 g/mol. The minimum Gasteiger partial charge on any atom is -0.399 e. The summed E-state index contributed by atoms with van der Waals surface area (Å²) < 4.78 is 0. The predicted octanol–water partition coefficient (Wildman–Crippen LogP) is 0.662. The summed E-state index contributed by atoms with van der Waals surface area (Å²) in [6, 6.07) is 7.11. The third-order valence-corrected chi connectivity index (χ3v) is 2.39. The molecule has 96 valence electrons. The van der Waals surface area contributed by atoms with Crippen LogP contribution in [0.25, 0.3) is 6.08 Å². The molecular formula is C13H17N3O2. The summed E-state index contributed by atoms with van der Waals surface area (Å²) >= 11 is 0. The number of hydrogen-bond acceptors (Lipinski definition) is 3. The average Bonchev–Trinajstić information content (AvgIpc) is 2.25. The maximum atomic E-state index is 11.6. The van der Waals surface area contributed by atoms with Crippen LogP contribution in [0.3, 0.4) is 0 Å². The van der Waals surface area contributed by atoms with E-state index in [4.69, 9.17) is 11.5 Å². The van der Waals surface area contributed by atoms with Gasteiger partial charge in [0.15, 0.2) is 0 Å². The van der Waals surface area contributed by atoms with Gasteiger partial charge in [-0.05, 0) is 37.6 Å². The SMILES string of the molecule is CC(C)(NC(=O)/C=C/c1cccc(N)c1)C(N)=O. The number of anilines is 1. The third kappa shape index (κ3) is 3.93. The van der Waals surface area contributed by atoms with E-state index in [1.807, 2.05) is 6.07 Å². The Morgan fingerprint density at radius 2 is 2.00 bits per heavy atom. The van der Waals surface area contributed by atoms with Crippen molar-refractivity contribution in [3.8, 4) is 0 Å². The highest BCUT2D eigenvalue weighted by Crippen LogP contribution is 2.08. The Labute approximate surface area is 106 Å². The summed E-state index contributed by atoms with van der Waals surface area (Å²) in [5.41, 5.74) is 11.1. The molecule has 0 aliphatic heterocycles. The number of nitrogens with two attached hydrogens (primary N) is 2. The van der Waals surface area contributed by atoms with Gasteiger partial charge in [-0.25, -0.2) is 0 Å². The first-order valence-corrected chi connectivity index (χ1v) is 5.47. The largest absolute Gasteiger partial charge is 0.399 e. The van der Waals surface area contributed by atoms with Gasteiger partial charge in [-0.3, -0.25) is 9.59 Å². The molecule has 0 heterocycles. The van der Waals surface area contributed by atoms with Gasteiger partial charge >= 0.3 is 0 Å². The number of nitrogen functional groups attached to an aromatic ring is 1. The van der Waals surface area contributed by atoms with E-state index in [0.29, 0.717) is 5.69 Å². The van der Waals surface area contributed by atoms with Crippen LogP contribution in [0.2, 0.25) is 0 Å². The Hall–Kier alpha value is -2.30. The lowest BCUT2D eigenvalue weighted by atomic mass is 10.1. The fourth-order valence-electron chi connectivity index (χ4n) is 1.25. The van der Waals surface area contributed by atoms with E-state index in [2.05, 4.69) is 5.32 Å². The molecule has 0 unspecified atom stereocenters. The van der Waals surface area contributed by atoms with E-state index in [1.54, 1.807) is 38.1 Å². The number of rotatable bonds is 4. The van der Waals surface area contributed by atoms with E-state index < -0.39 is 11.4 Å². The van der Waals surface area contributed by atoms with Crippen molar-refractivity contribution in [1.82, 2.24) is 5.32 Å². The van der Waals surface area contributed by atoms with Crippen molar-refractivity contribution in [1.29, 1.82) is 0 Å². The molecule has 2 amide bonds. The summed E-state index contributed by atoms with van der Waals surface area (Å²) in [6.07, 6.45) is 2.95. The second-order valence-corrected chi connectivity index (χ2v) is 4.48. The molecule has 0 spiro atoms. The summed E-state index contributed by atoms with van der Waals surface area (Å²) in [5, 5.41) is 2.51. The lowest BCUT2D eigenvalue weighted by Crippen LogP contribution is -2.52. The van der Waals surface area contributed by atoms with Crippen molar-refractivity contribution in [2.24, 2.45) is 5.73 Å². The van der Waals surface area contributed by atoms with Crippen LogP contribution >= 0.6 is 0 Å². The van der Waals surface area contributed by atoms with E-state index in [1.165, 1.54) is 6.08 Å². The Morgan fingerprint density at radius 1 is 1.33 bits per heavy atom. The quantitative estimate of drug-likeness (QED) is 0.538. The Kier molecular flexibility index (Phi) is 4.09. The molecule has 0 aliphatic rings. The van der Waals surface area contributed by atoms with Gasteiger partial charge in [0, 0.05) is 11.8 Å². The van der Waals surface area contributed by atoms with E-state index in [0.717, 1.165) is 5.56 Å². The van der Waals surface area contributed by atoms with Gasteiger partial charge < -0.3 is 16.8 Å². The van der Waals surface area contributed by atoms with Crippen molar-refractivity contribution in [2.75, 3.05) is 5.73 Å². The fraction of sp³-hybridized carbons (Fsp3) is 0.231. The number of primary amides is 1. The first kappa shape index (κ1) is 13.8. The van der Waals surface area contributed by atoms with Crippen molar-refractivity contribution >= 4 is 23.6 Å². The monoisotopic (exact) mass is 247 g/mol. The maximum Gasteiger partial charge on any atom is 0.244 e. The topological polar surface area (TPSA) is 98.2 Å². The molecule has 0 fully saturated rings. The normalized spacial score (nSPS) is 11.4. The smallest absolute Gasteiger partial charge is 0.244 e. The summed E-state index contributed by atoms with van der Waals surface area (Å²) in [6.45, 7) is 3.09. The van der Waals surface area contributed by atoms with Crippen molar-refractivity contribution in [3.63, 3.8) is 0 Å². The maximum absolute atomic E-state index is 11.6. The molecule has 0 radical (unpaired) electrons. The molecule has 0 aliphatic carbocycles. The van der Waals surface area contributed by atoms with Crippen LogP contribution in [0, 0.1) is 0 Å². The Morgan fingerprint density at radius 3 is 2.56 bits per heavy atom. The Bertz CT molecular complexity index is 493. The highest BCUT2D eigenvalue weighted by molar-refractivity contribution is 5.96. The van der Waals surface area contributed by atoms with Gasteiger partial charge in [-0.15, -0.1) is 0 Å². The van der Waals surface area contributed by atoms with Crippen LogP contribution in [0.5, 0.6) is 0 Å². The first-order chi connectivity index (χ1) is 8.31. The summed E-state index contributed by atoms with van der Waals surface area (Å²) in [5.74, 6) is -0.977. The number of benzene rings is 1. The molecule has 1 aromatic carbocycles. The van der Waals surface area contributed by atoms with Crippen molar-refractivity contribution < 1.29 is 9.59 Å². The number of carbonyl (C=O) groups excluding carboxylic acids is 2. The molecule has 1 aromatic rings. The Balaban J connectivity index is 2.68. The molecule has 0 bridgehead atoms. The fourth-order valence-corrected chi connectivity index (χ4v) is 1.25. The van der Waals surface area contributed by atoms with E-state index in [-0.39, 0.29) is 5.91 Å². The summed E-state index contributed by atoms with van der Waals surface area (Å²) in [4.78, 5) is 22.6. The number of nitrogens with one attached hydrogen (secondary N) is 1. The molecule has 0 aromatic heterocycles. The molecule has 5 nitrogen and oxygen atoms in total. The van der Waals surface area contributed by atoms with Gasteiger partial charge in [-0.1, -0.05) is 12.1 Å². The van der Waals surface area contributed by atoms with Gasteiger partial charge in [0.05, 0.1) is 0 Å². The molecule has 1 rings (SSSR count). The van der Waals surface area contributed by atoms with Crippen molar-refractivity contribution in [2.45, 2.75) is 19.4 Å². The first-order valence-electron chi connectivity index (χ1n) is 5.47. The highest BCUT2D eigenvalue weighted by atomic mass is 16.2. The van der Waals surface area contributed by atoms with Crippen LogP contribution in [-0.4, -0.2) is 17.4 Å². The van der Waals surface area contributed by atoms with E-state index >= 15 is 0 Å². The van der Waals surface area contributed by atoms with Crippen LogP contribution < -0.4 is 16.8 Å². The number of amides is 2. The predicted molar refractivity (Wildman–Crippen MR) is 71.3 cm³/mol. The molecular weight excluding hydrogens is 230 g/mol. The zero-order chi connectivity index (χ0) is 13.8. The molecule has 0 atom stereocenters. The molecule has 5 N–H and O–H groups in total. The van der Waals surface area contributed by atoms with Gasteiger partial charge in [0.25, 0.3) is 0 Å². The zero-order valence-electron chi connectivity index (χ0n) is 10.4. The van der Waals surface area contributed by atoms with Gasteiger partial charge in [-0.2, -0.15) is 0 Å². The number of hydrogen-bond donors (Lipinski definition) is 3. The van der Waals surface area contributed by atoms with Crippen molar-refractivity contribution in [3.05, 3.63) is 35.9 Å². The third-order valence-electron chi connectivity index (χ3n) is 2.39. The second-order valence-electron chi connectivity index (χ2n) is 4.48. The molecule has 0 saturated heterocycles. The second kappa shape index (κ2) is 5.35. The van der Waals surface area contributed by atoms with E-state index in [9.17, 15) is 9.59 Å². The molecule has 18 heavy (non-hydrogen) atoms. The van der Waals surface area contributed by atoms with Crippen LogP contribution in [-0.2, 0) is 9.59 Å². The number of carbonyl (C=O) groups is 2. The van der Waals surface area contributed by atoms with Gasteiger partial charge in [0.1, 0.15) is 5.54 Å². The van der Waals surface area contributed by atoms with Crippen LogP contribution in [0.1, 0.15) is 19.4 Å². The summed E-state index contributed by atoms with van der Waals surface area (Å²) in [7, 11) is 0. The molecule has 5 heteroatoms. The van der Waals surface area contributed by atoms with Gasteiger partial charge in [0.2, 0.25) is 11.8 Å². The van der Waals surface area contributed by atoms with Crippen LogP contribution in [0.15, 0.2) is 30.3 Å². The molecule has 0 saturated carbocycles. The van der Waals surface area contributed by atoms with Crippen LogP contribution in [0.4, 0.5) is 5.69 Å². The minimum atomic E-state index is -1.07. The lowest BCUT2D eigenvalue weighted by Gasteiger charge is -2.20. The minimum absolute atomic E-state index is 0.388.